The Morgan fingerprint density at radius 1 is 1.00 bits per heavy atom. The topological polar surface area (TPSA) is 8.29 Å². The zero-order valence-electron chi connectivity index (χ0n) is 12.7. The fourth-order valence-electron chi connectivity index (χ4n) is 2.62. The van der Waals surface area contributed by atoms with Crippen LogP contribution in [0, 0.1) is 0 Å². The number of aryl methyl sites for hydroxylation is 1. The molecule has 18 heavy (non-hydrogen) atoms. The predicted molar refractivity (Wildman–Crippen MR) is 76.0 cm³/mol. The standard InChI is InChI=1S/C16H25N2/c1-15(2,3)12-11-18-13(9-8-10-17(18)7)14(12)16(4,5)6/h8-11H,1-7H3/q+1. The molecule has 0 aromatic carbocycles. The second-order valence-electron chi connectivity index (χ2n) is 7.23. The third kappa shape index (κ3) is 2.05. The normalized spacial score (nSPS) is 13.3. The van der Waals surface area contributed by atoms with E-state index in [9.17, 15) is 0 Å². The molecule has 0 unspecified atom stereocenters. The van der Waals surface area contributed by atoms with Gasteiger partial charge in [0.1, 0.15) is 5.52 Å². The van der Waals surface area contributed by atoms with Crippen molar-refractivity contribution in [1.82, 2.24) is 4.52 Å². The first-order valence-corrected chi connectivity index (χ1v) is 6.63. The van der Waals surface area contributed by atoms with Crippen LogP contribution in [0.3, 0.4) is 0 Å². The molecule has 0 aliphatic carbocycles. The van der Waals surface area contributed by atoms with E-state index in [1.807, 2.05) is 0 Å². The van der Waals surface area contributed by atoms with Crippen molar-refractivity contribution in [3.8, 4) is 0 Å². The van der Waals surface area contributed by atoms with Crippen molar-refractivity contribution in [2.45, 2.75) is 52.4 Å². The van der Waals surface area contributed by atoms with E-state index in [1.165, 1.54) is 16.6 Å². The summed E-state index contributed by atoms with van der Waals surface area (Å²) >= 11 is 0. The van der Waals surface area contributed by atoms with E-state index in [4.69, 9.17) is 0 Å². The molecule has 0 fully saturated rings. The van der Waals surface area contributed by atoms with Crippen LogP contribution in [-0.4, -0.2) is 4.52 Å². The highest BCUT2D eigenvalue weighted by Crippen LogP contribution is 2.37. The lowest BCUT2D eigenvalue weighted by atomic mass is 9.77. The highest BCUT2D eigenvalue weighted by molar-refractivity contribution is 5.62. The van der Waals surface area contributed by atoms with Crippen molar-refractivity contribution in [1.29, 1.82) is 0 Å². The van der Waals surface area contributed by atoms with Crippen LogP contribution in [0.5, 0.6) is 0 Å². The van der Waals surface area contributed by atoms with Crippen LogP contribution < -0.4 is 4.68 Å². The minimum Gasteiger partial charge on any atom is -0.128 e. The molecule has 0 aliphatic heterocycles. The van der Waals surface area contributed by atoms with E-state index in [1.54, 1.807) is 0 Å². The van der Waals surface area contributed by atoms with Gasteiger partial charge in [0.05, 0.1) is 6.20 Å². The first kappa shape index (κ1) is 13.1. The van der Waals surface area contributed by atoms with E-state index in [0.29, 0.717) is 0 Å². The Labute approximate surface area is 110 Å². The van der Waals surface area contributed by atoms with E-state index >= 15 is 0 Å². The lowest BCUT2D eigenvalue weighted by Gasteiger charge is -2.26. The van der Waals surface area contributed by atoms with Crippen LogP contribution in [0.4, 0.5) is 0 Å². The molecule has 0 saturated carbocycles. The molecule has 0 radical (unpaired) electrons. The van der Waals surface area contributed by atoms with Crippen molar-refractivity contribution >= 4 is 5.52 Å². The zero-order valence-corrected chi connectivity index (χ0v) is 12.7. The van der Waals surface area contributed by atoms with Gasteiger partial charge in [-0.3, -0.25) is 0 Å². The molecule has 0 amide bonds. The van der Waals surface area contributed by atoms with Crippen LogP contribution in [0.2, 0.25) is 0 Å². The van der Waals surface area contributed by atoms with Gasteiger partial charge in [0, 0.05) is 6.07 Å². The second-order valence-corrected chi connectivity index (χ2v) is 7.23. The molecule has 0 bridgehead atoms. The number of aromatic nitrogens is 2. The molecule has 2 aromatic rings. The Hall–Kier alpha value is -1.31. The number of nitrogens with zero attached hydrogens (tertiary/aromatic N) is 2. The Morgan fingerprint density at radius 3 is 2.11 bits per heavy atom. The van der Waals surface area contributed by atoms with E-state index in [0.717, 1.165) is 0 Å². The fraction of sp³-hybridized carbons (Fsp3) is 0.562. The summed E-state index contributed by atoms with van der Waals surface area (Å²) in [6.45, 7) is 13.8. The Balaban J connectivity index is 2.91. The molecule has 2 nitrogen and oxygen atoms in total. The molecular formula is C16H25N2+. The minimum absolute atomic E-state index is 0.158. The van der Waals surface area contributed by atoms with Crippen LogP contribution in [-0.2, 0) is 17.9 Å². The van der Waals surface area contributed by atoms with Gasteiger partial charge < -0.3 is 0 Å². The van der Waals surface area contributed by atoms with Crippen LogP contribution >= 0.6 is 0 Å². The lowest BCUT2D eigenvalue weighted by Crippen LogP contribution is -2.36. The van der Waals surface area contributed by atoms with Crippen molar-refractivity contribution in [2.24, 2.45) is 7.05 Å². The average molecular weight is 245 g/mol. The van der Waals surface area contributed by atoms with Gasteiger partial charge in [0.15, 0.2) is 13.2 Å². The Morgan fingerprint density at radius 2 is 1.61 bits per heavy atom. The number of hydrogen-bond acceptors (Lipinski definition) is 0. The summed E-state index contributed by atoms with van der Waals surface area (Å²) in [5, 5.41) is 0. The number of rotatable bonds is 0. The molecule has 2 heteroatoms. The molecule has 0 atom stereocenters. The smallest absolute Gasteiger partial charge is 0.128 e. The summed E-state index contributed by atoms with van der Waals surface area (Å²) in [5.41, 5.74) is 4.55. The summed E-state index contributed by atoms with van der Waals surface area (Å²) < 4.78 is 4.39. The Bertz CT molecular complexity index is 577. The van der Waals surface area contributed by atoms with E-state index < -0.39 is 0 Å². The van der Waals surface area contributed by atoms with E-state index in [2.05, 4.69) is 82.3 Å². The molecule has 2 aromatic heterocycles. The maximum atomic E-state index is 2.30. The third-order valence-corrected chi connectivity index (χ3v) is 3.48. The molecule has 2 rings (SSSR count). The number of fused-ring (bicyclic) bond motifs is 1. The minimum atomic E-state index is 0.158. The summed E-state index contributed by atoms with van der Waals surface area (Å²) in [4.78, 5) is 0. The molecule has 0 aliphatic rings. The number of hydrogen-bond donors (Lipinski definition) is 0. The fourth-order valence-corrected chi connectivity index (χ4v) is 2.62. The van der Waals surface area contributed by atoms with Gasteiger partial charge in [0.25, 0.3) is 0 Å². The van der Waals surface area contributed by atoms with Gasteiger partial charge in [-0.05, 0) is 28.0 Å². The summed E-state index contributed by atoms with van der Waals surface area (Å²) in [6.07, 6.45) is 4.38. The maximum Gasteiger partial charge on any atom is 0.194 e. The molecule has 0 saturated heterocycles. The van der Waals surface area contributed by atoms with Crippen molar-refractivity contribution in [3.63, 3.8) is 0 Å². The van der Waals surface area contributed by atoms with E-state index in [-0.39, 0.29) is 10.8 Å². The quantitative estimate of drug-likeness (QED) is 0.629. The Kier molecular flexibility index (Phi) is 2.80. The summed E-state index contributed by atoms with van der Waals surface area (Å²) in [5.74, 6) is 0. The van der Waals surface area contributed by atoms with Gasteiger partial charge >= 0.3 is 0 Å². The molecular weight excluding hydrogens is 220 g/mol. The summed E-state index contributed by atoms with van der Waals surface area (Å²) in [6, 6.07) is 4.34. The van der Waals surface area contributed by atoms with Crippen LogP contribution in [0.1, 0.15) is 52.7 Å². The molecule has 0 spiro atoms. The van der Waals surface area contributed by atoms with Crippen molar-refractivity contribution in [3.05, 3.63) is 35.7 Å². The van der Waals surface area contributed by atoms with Crippen LogP contribution in [0.15, 0.2) is 24.5 Å². The largest absolute Gasteiger partial charge is 0.194 e. The predicted octanol–water partition coefficient (Wildman–Crippen LogP) is 3.36. The van der Waals surface area contributed by atoms with Crippen molar-refractivity contribution < 1.29 is 4.68 Å². The zero-order chi connectivity index (χ0) is 13.7. The molecule has 98 valence electrons. The maximum absolute atomic E-state index is 2.30. The third-order valence-electron chi connectivity index (χ3n) is 3.48. The van der Waals surface area contributed by atoms with Gasteiger partial charge in [-0.1, -0.05) is 41.5 Å². The van der Waals surface area contributed by atoms with Gasteiger partial charge in [-0.2, -0.15) is 0 Å². The lowest BCUT2D eigenvalue weighted by molar-refractivity contribution is -0.741. The monoisotopic (exact) mass is 245 g/mol. The van der Waals surface area contributed by atoms with Gasteiger partial charge in [0.2, 0.25) is 0 Å². The first-order valence-electron chi connectivity index (χ1n) is 6.63. The second kappa shape index (κ2) is 3.84. The van der Waals surface area contributed by atoms with Gasteiger partial charge in [-0.15, -0.1) is 9.20 Å². The van der Waals surface area contributed by atoms with Gasteiger partial charge in [-0.25, -0.2) is 0 Å². The van der Waals surface area contributed by atoms with Crippen LogP contribution in [0.25, 0.3) is 5.52 Å². The highest BCUT2D eigenvalue weighted by Gasteiger charge is 2.30. The molecule has 2 heterocycles. The summed E-state index contributed by atoms with van der Waals surface area (Å²) in [7, 11) is 2.09. The average Bonchev–Trinajstić information content (AvgIpc) is 2.56. The molecule has 0 N–H and O–H groups in total. The van der Waals surface area contributed by atoms with Crippen molar-refractivity contribution in [2.75, 3.05) is 0 Å². The SMILES string of the molecule is C[n+]1cccc2c(C(C)(C)C)c(C(C)(C)C)cn21. The first-order chi connectivity index (χ1) is 8.12. The highest BCUT2D eigenvalue weighted by atomic mass is 15.3.